The number of nitrogens with zero attached hydrogens (tertiary/aromatic N) is 1. The van der Waals surface area contributed by atoms with Gasteiger partial charge in [-0.05, 0) is 19.1 Å². The Labute approximate surface area is 156 Å². The van der Waals surface area contributed by atoms with Crippen molar-refractivity contribution in [1.82, 2.24) is 9.71 Å². The Morgan fingerprint density at radius 2 is 1.61 bits per heavy atom. The Balaban J connectivity index is 2.57. The van der Waals surface area contributed by atoms with Crippen molar-refractivity contribution in [3.8, 4) is 0 Å². The monoisotopic (exact) mass is 424 g/mol. The highest BCUT2D eigenvalue weighted by molar-refractivity contribution is 7.89. The van der Waals surface area contributed by atoms with E-state index in [4.69, 9.17) is 0 Å². The molecule has 1 N–H and O–H groups in total. The van der Waals surface area contributed by atoms with E-state index in [0.29, 0.717) is 0 Å². The molecule has 0 saturated heterocycles. The molecule has 1 aromatic heterocycles. The number of methoxy groups -OCH3 is 1. The highest BCUT2D eigenvalue weighted by Gasteiger charge is 2.43. The van der Waals surface area contributed by atoms with E-state index in [0.717, 1.165) is 14.0 Å². The Morgan fingerprint density at radius 1 is 1.07 bits per heavy atom. The van der Waals surface area contributed by atoms with Gasteiger partial charge in [0.15, 0.2) is 28.2 Å². The van der Waals surface area contributed by atoms with E-state index in [2.05, 4.69) is 9.72 Å². The lowest BCUT2D eigenvalue weighted by Crippen LogP contribution is -2.54. The van der Waals surface area contributed by atoms with Crippen LogP contribution in [0.3, 0.4) is 0 Å². The van der Waals surface area contributed by atoms with Crippen molar-refractivity contribution in [2.75, 3.05) is 7.11 Å². The van der Waals surface area contributed by atoms with Gasteiger partial charge in [-0.25, -0.2) is 30.4 Å². The molecule has 0 aliphatic rings. The van der Waals surface area contributed by atoms with E-state index < -0.39 is 61.9 Å². The van der Waals surface area contributed by atoms with Crippen LogP contribution in [0.5, 0.6) is 0 Å². The predicted molar refractivity (Wildman–Crippen MR) is 84.9 cm³/mol. The first-order valence-electron chi connectivity index (χ1n) is 7.48. The largest absolute Gasteiger partial charge is 0.468 e. The first-order chi connectivity index (χ1) is 12.9. The highest BCUT2D eigenvalue weighted by atomic mass is 32.2. The second-order valence-corrected chi connectivity index (χ2v) is 7.45. The van der Waals surface area contributed by atoms with Gasteiger partial charge in [0.25, 0.3) is 0 Å². The van der Waals surface area contributed by atoms with E-state index in [1.165, 1.54) is 24.4 Å². The maximum atomic E-state index is 13.9. The molecule has 0 saturated carbocycles. The number of ether oxygens (including phenoxy) is 1. The molecule has 2 aromatic rings. The van der Waals surface area contributed by atoms with Crippen LogP contribution in [0.4, 0.5) is 22.0 Å². The zero-order valence-corrected chi connectivity index (χ0v) is 15.2. The van der Waals surface area contributed by atoms with Crippen LogP contribution in [0.15, 0.2) is 29.3 Å². The normalized spacial score (nSPS) is 13.8. The number of carbonyl (C=O) groups is 1. The van der Waals surface area contributed by atoms with Crippen molar-refractivity contribution >= 4 is 16.0 Å². The number of aromatic nitrogens is 1. The number of carbonyl (C=O) groups excluding carboxylic acids is 1. The van der Waals surface area contributed by atoms with Gasteiger partial charge in [0.1, 0.15) is 5.54 Å². The molecule has 1 atom stereocenters. The van der Waals surface area contributed by atoms with Gasteiger partial charge in [0.2, 0.25) is 15.8 Å². The molecule has 2 rings (SSSR count). The van der Waals surface area contributed by atoms with Crippen LogP contribution in [0.25, 0.3) is 0 Å². The number of halogens is 5. The molecule has 0 aliphatic heterocycles. The second kappa shape index (κ2) is 7.80. The maximum absolute atomic E-state index is 13.9. The van der Waals surface area contributed by atoms with Gasteiger partial charge < -0.3 is 4.74 Å². The Hall–Kier alpha value is -2.60. The maximum Gasteiger partial charge on any atom is 0.327 e. The molecule has 6 nitrogen and oxygen atoms in total. The minimum atomic E-state index is -5.39. The fourth-order valence-corrected chi connectivity index (χ4v) is 3.91. The summed E-state index contributed by atoms with van der Waals surface area (Å²) in [4.78, 5) is 13.9. The summed E-state index contributed by atoms with van der Waals surface area (Å²) in [5.74, 6) is -13.7. The molecule has 0 aliphatic carbocycles. The van der Waals surface area contributed by atoms with Crippen LogP contribution in [0, 0.1) is 29.1 Å². The topological polar surface area (TPSA) is 85.4 Å². The lowest BCUT2D eigenvalue weighted by Gasteiger charge is -2.27. The van der Waals surface area contributed by atoms with Crippen molar-refractivity contribution in [3.05, 3.63) is 59.2 Å². The fourth-order valence-electron chi connectivity index (χ4n) is 2.41. The second-order valence-electron chi connectivity index (χ2n) is 5.83. The van der Waals surface area contributed by atoms with Gasteiger partial charge in [0.05, 0.1) is 7.11 Å². The molecule has 0 radical (unpaired) electrons. The average Bonchev–Trinajstić information content (AvgIpc) is 2.64. The molecule has 0 fully saturated rings. The van der Waals surface area contributed by atoms with E-state index >= 15 is 0 Å². The molecule has 0 amide bonds. The molecule has 152 valence electrons. The van der Waals surface area contributed by atoms with Crippen LogP contribution < -0.4 is 4.72 Å². The molecule has 28 heavy (non-hydrogen) atoms. The Bertz CT molecular complexity index is 988. The Morgan fingerprint density at radius 3 is 2.07 bits per heavy atom. The number of rotatable bonds is 6. The summed E-state index contributed by atoms with van der Waals surface area (Å²) >= 11 is 0. The van der Waals surface area contributed by atoms with Crippen molar-refractivity contribution in [2.24, 2.45) is 0 Å². The molecule has 1 aromatic carbocycles. The summed E-state index contributed by atoms with van der Waals surface area (Å²) in [5.41, 5.74) is -1.97. The number of hydrogen-bond donors (Lipinski definition) is 1. The minimum Gasteiger partial charge on any atom is -0.468 e. The number of benzene rings is 1. The first kappa shape index (κ1) is 21.7. The van der Waals surface area contributed by atoms with Crippen LogP contribution in [-0.4, -0.2) is 32.0 Å². The summed E-state index contributed by atoms with van der Waals surface area (Å²) in [6, 6.07) is 4.49. The predicted octanol–water partition coefficient (Wildman–Crippen LogP) is 2.23. The zero-order chi connectivity index (χ0) is 21.3. The molecular weight excluding hydrogens is 411 g/mol. The van der Waals surface area contributed by atoms with Crippen molar-refractivity contribution in [3.63, 3.8) is 0 Å². The van der Waals surface area contributed by atoms with Crippen molar-refractivity contribution in [2.45, 2.75) is 23.8 Å². The molecular formula is C16H13F5N2O4S. The summed E-state index contributed by atoms with van der Waals surface area (Å²) in [6.07, 6.45) is 0.904. The number of pyridine rings is 1. The number of nitrogens with one attached hydrogen (secondary N) is 1. The van der Waals surface area contributed by atoms with Gasteiger partial charge in [0, 0.05) is 18.3 Å². The number of esters is 1. The lowest BCUT2D eigenvalue weighted by molar-refractivity contribution is -0.147. The van der Waals surface area contributed by atoms with E-state index in [9.17, 15) is 35.2 Å². The quantitative estimate of drug-likeness (QED) is 0.333. The fraction of sp³-hybridized carbons (Fsp3) is 0.250. The van der Waals surface area contributed by atoms with Gasteiger partial charge in [-0.15, -0.1) is 0 Å². The zero-order valence-electron chi connectivity index (χ0n) is 14.4. The minimum absolute atomic E-state index is 0.190. The van der Waals surface area contributed by atoms with E-state index in [1.54, 1.807) is 4.72 Å². The summed E-state index contributed by atoms with van der Waals surface area (Å²) < 4.78 is 98.8. The standard InChI is InChI=1S/C16H13F5N2O4S/c1-16(15(24)27-2,7-8-5-3-4-6-22-8)23-28(25,26)14-12(20)10(18)9(17)11(19)13(14)21/h3-6,23H,7H2,1-2H3. The third-order valence-corrected chi connectivity index (χ3v) is 5.31. The molecule has 0 spiro atoms. The van der Waals surface area contributed by atoms with Crippen LogP contribution in [0.1, 0.15) is 12.6 Å². The average molecular weight is 424 g/mol. The summed E-state index contributed by atoms with van der Waals surface area (Å²) in [7, 11) is -4.47. The van der Waals surface area contributed by atoms with Crippen LogP contribution >= 0.6 is 0 Å². The van der Waals surface area contributed by atoms with Crippen molar-refractivity contribution < 1.29 is 39.9 Å². The van der Waals surface area contributed by atoms with Gasteiger partial charge in [-0.2, -0.15) is 4.72 Å². The highest BCUT2D eigenvalue weighted by Crippen LogP contribution is 2.28. The van der Waals surface area contributed by atoms with Crippen LogP contribution in [0.2, 0.25) is 0 Å². The van der Waals surface area contributed by atoms with Gasteiger partial charge in [-0.3, -0.25) is 9.78 Å². The van der Waals surface area contributed by atoms with Crippen molar-refractivity contribution in [1.29, 1.82) is 0 Å². The first-order valence-corrected chi connectivity index (χ1v) is 8.96. The van der Waals surface area contributed by atoms with E-state index in [-0.39, 0.29) is 5.69 Å². The number of hydrogen-bond acceptors (Lipinski definition) is 5. The number of sulfonamides is 1. The van der Waals surface area contributed by atoms with Gasteiger partial charge in [-0.1, -0.05) is 6.07 Å². The lowest BCUT2D eigenvalue weighted by atomic mass is 9.97. The summed E-state index contributed by atoms with van der Waals surface area (Å²) in [6.45, 7) is 1.01. The smallest absolute Gasteiger partial charge is 0.327 e. The molecule has 1 heterocycles. The van der Waals surface area contributed by atoms with Crippen LogP contribution in [-0.2, 0) is 26.0 Å². The molecule has 12 heteroatoms. The molecule has 1 unspecified atom stereocenters. The SMILES string of the molecule is COC(=O)C(C)(Cc1ccccn1)NS(=O)(=O)c1c(F)c(F)c(F)c(F)c1F. The third-order valence-electron chi connectivity index (χ3n) is 3.69. The molecule has 0 bridgehead atoms. The third kappa shape index (κ3) is 3.97. The Kier molecular flexibility index (Phi) is 6.04. The van der Waals surface area contributed by atoms with E-state index in [1.807, 2.05) is 0 Å². The summed E-state index contributed by atoms with van der Waals surface area (Å²) in [5, 5.41) is 0. The van der Waals surface area contributed by atoms with Gasteiger partial charge >= 0.3 is 5.97 Å².